The van der Waals surface area contributed by atoms with Crippen molar-refractivity contribution >= 4 is 24.3 Å². The molecule has 6 aromatic carbocycles. The molecule has 0 fully saturated rings. The highest BCUT2D eigenvalue weighted by Gasteiger charge is 2.33. The second-order valence-corrected chi connectivity index (χ2v) is 14.1. The number of aromatic nitrogens is 1. The molecule has 0 amide bonds. The highest BCUT2D eigenvalue weighted by atomic mass is 19.2. The summed E-state index contributed by atoms with van der Waals surface area (Å²) >= 11 is 0. The number of benzene rings is 6. The van der Waals surface area contributed by atoms with Gasteiger partial charge in [0.15, 0.2) is 0 Å². The third-order valence-electron chi connectivity index (χ3n) is 10.2. The number of hydrogen-bond acceptors (Lipinski definition) is 1. The van der Waals surface area contributed by atoms with Crippen LogP contribution < -0.4 is 0 Å². The van der Waals surface area contributed by atoms with Gasteiger partial charge in [-0.2, -0.15) is 0 Å². The number of rotatable bonds is 8. The van der Waals surface area contributed by atoms with Crippen LogP contribution in [0.1, 0.15) is 44.6 Å². The van der Waals surface area contributed by atoms with Crippen molar-refractivity contribution < 1.29 is 8.63 Å². The van der Waals surface area contributed by atoms with E-state index in [1.165, 1.54) is 4.48 Å². The lowest BCUT2D eigenvalue weighted by Crippen LogP contribution is -2.18. The lowest BCUT2D eigenvalue weighted by molar-refractivity contribution is 0.630. The molecule has 0 atom stereocenters. The predicted octanol–water partition coefficient (Wildman–Crippen LogP) is 12.8. The lowest BCUT2D eigenvalue weighted by atomic mass is 9.89. The highest BCUT2D eigenvalue weighted by molar-refractivity contribution is 6.42. The van der Waals surface area contributed by atoms with Gasteiger partial charge in [-0.05, 0) is 73.2 Å². The maximum Gasteiger partial charge on any atom is 0.678 e. The molecule has 7 aromatic rings. The molecule has 0 unspecified atom stereocenters. The molecule has 5 heteroatoms. The molecule has 0 saturated carbocycles. The van der Waals surface area contributed by atoms with Gasteiger partial charge in [-0.25, -0.2) is 4.99 Å². The van der Waals surface area contributed by atoms with E-state index in [0.29, 0.717) is 33.8 Å². The third-order valence-corrected chi connectivity index (χ3v) is 10.2. The van der Waals surface area contributed by atoms with Crippen molar-refractivity contribution in [2.24, 2.45) is 4.99 Å². The largest absolute Gasteiger partial charge is 0.678 e. The zero-order valence-electron chi connectivity index (χ0n) is 30.8. The van der Waals surface area contributed by atoms with Crippen LogP contribution in [-0.2, 0) is 0 Å². The van der Waals surface area contributed by atoms with E-state index in [2.05, 4.69) is 92.7 Å². The van der Waals surface area contributed by atoms with Gasteiger partial charge in [0.1, 0.15) is 0 Å². The fraction of sp³-hybridized carbons (Fsp3) is 0.0816. The van der Waals surface area contributed by atoms with Gasteiger partial charge < -0.3 is 4.48 Å². The number of allylic oxidation sites excluding steroid dienone is 2. The molecule has 8 rings (SSSR count). The second kappa shape index (κ2) is 14.6. The summed E-state index contributed by atoms with van der Waals surface area (Å²) in [6, 6.07) is 52.9. The second-order valence-electron chi connectivity index (χ2n) is 14.1. The normalized spacial score (nSPS) is 13.4. The zero-order chi connectivity index (χ0) is 37.3. The molecule has 54 heavy (non-hydrogen) atoms. The van der Waals surface area contributed by atoms with Crippen molar-refractivity contribution in [3.05, 3.63) is 214 Å². The Balaban J connectivity index is 1.49. The van der Waals surface area contributed by atoms with Crippen LogP contribution in [0, 0.1) is 27.7 Å². The monoisotopic (exact) mass is 704 g/mol. The van der Waals surface area contributed by atoms with Crippen molar-refractivity contribution in [3.8, 4) is 33.5 Å². The number of halogens is 2. The molecule has 0 spiro atoms. The summed E-state index contributed by atoms with van der Waals surface area (Å²) < 4.78 is 33.3. The van der Waals surface area contributed by atoms with Crippen molar-refractivity contribution in [2.75, 3.05) is 0 Å². The van der Waals surface area contributed by atoms with E-state index in [0.717, 1.165) is 66.9 Å². The molecule has 0 radical (unpaired) electrons. The highest BCUT2D eigenvalue weighted by Crippen LogP contribution is 2.45. The minimum Gasteiger partial charge on any atom is -0.324 e. The first-order valence-electron chi connectivity index (χ1n) is 18.3. The van der Waals surface area contributed by atoms with Crippen LogP contribution in [-0.4, -0.2) is 17.6 Å². The minimum atomic E-state index is -2.84. The van der Waals surface area contributed by atoms with Crippen LogP contribution in [0.3, 0.4) is 0 Å². The number of nitrogens with zero attached hydrogens (tertiary/aromatic N) is 2. The quantitative estimate of drug-likeness (QED) is 0.140. The minimum absolute atomic E-state index is 0.416. The van der Waals surface area contributed by atoms with Crippen LogP contribution in [0.2, 0.25) is 0 Å². The zero-order valence-corrected chi connectivity index (χ0v) is 30.8. The maximum atomic E-state index is 16.0. The Morgan fingerprint density at radius 2 is 0.963 bits per heavy atom. The van der Waals surface area contributed by atoms with E-state index >= 15 is 8.63 Å². The van der Waals surface area contributed by atoms with E-state index in [1.54, 1.807) is 0 Å². The van der Waals surface area contributed by atoms with Gasteiger partial charge in [0, 0.05) is 28.0 Å². The topological polar surface area (TPSA) is 17.3 Å². The van der Waals surface area contributed by atoms with Crippen molar-refractivity contribution in [1.29, 1.82) is 0 Å². The van der Waals surface area contributed by atoms with Crippen LogP contribution in [0.4, 0.5) is 8.63 Å². The fourth-order valence-electron chi connectivity index (χ4n) is 7.16. The number of aryl methyl sites for hydroxylation is 4. The summed E-state index contributed by atoms with van der Waals surface area (Å²) in [7, 11) is -2.84. The summed E-state index contributed by atoms with van der Waals surface area (Å²) in [5.74, 6) is 0. The average molecular weight is 705 g/mol. The van der Waals surface area contributed by atoms with Gasteiger partial charge >= 0.3 is 7.40 Å². The standard InChI is InChI=1S/C49H39BF2N2/c1-32-10-18-38(19-11-32)43-30-45(40-22-14-34(3)15-23-40)53-48(43)47(42-28-26-37(27-29-42)36-8-6-5-7-9-36)49-44(39-20-12-33(2)13-21-39)31-46(54(49)50(51)52)41-24-16-35(4)17-25-41/h5-31H,1-4H3/b48-47-. The Morgan fingerprint density at radius 3 is 1.50 bits per heavy atom. The van der Waals surface area contributed by atoms with Gasteiger partial charge in [0.25, 0.3) is 0 Å². The van der Waals surface area contributed by atoms with E-state index in [9.17, 15) is 0 Å². The average Bonchev–Trinajstić information content (AvgIpc) is 3.80. The first-order valence-corrected chi connectivity index (χ1v) is 18.3. The van der Waals surface area contributed by atoms with Crippen molar-refractivity contribution in [1.82, 2.24) is 4.48 Å². The molecule has 1 aliphatic rings. The van der Waals surface area contributed by atoms with E-state index in [1.807, 2.05) is 98.8 Å². The summed E-state index contributed by atoms with van der Waals surface area (Å²) in [6.07, 6.45) is 2.10. The fourth-order valence-corrected chi connectivity index (χ4v) is 7.16. The molecule has 0 aliphatic carbocycles. The third kappa shape index (κ3) is 6.81. The first kappa shape index (κ1) is 34.7. The summed E-state index contributed by atoms with van der Waals surface area (Å²) in [6.45, 7) is 8.16. The summed E-state index contributed by atoms with van der Waals surface area (Å²) in [5, 5.41) is 0. The van der Waals surface area contributed by atoms with Crippen molar-refractivity contribution in [2.45, 2.75) is 27.7 Å². The van der Waals surface area contributed by atoms with Crippen LogP contribution in [0.25, 0.3) is 44.7 Å². The Labute approximate surface area is 316 Å². The maximum absolute atomic E-state index is 16.0. The van der Waals surface area contributed by atoms with Crippen LogP contribution in [0.15, 0.2) is 174 Å². The van der Waals surface area contributed by atoms with Gasteiger partial charge in [-0.15, -0.1) is 0 Å². The molecule has 0 bridgehead atoms. The summed E-state index contributed by atoms with van der Waals surface area (Å²) in [4.78, 5) is 5.39. The molecule has 1 aromatic heterocycles. The summed E-state index contributed by atoms with van der Waals surface area (Å²) in [5.41, 5.74) is 15.3. The molecule has 262 valence electrons. The molecular formula is C49H39BF2N2. The lowest BCUT2D eigenvalue weighted by Gasteiger charge is -2.19. The molecular weight excluding hydrogens is 665 g/mol. The van der Waals surface area contributed by atoms with Gasteiger partial charge in [0.05, 0.1) is 17.1 Å². The molecule has 0 saturated heterocycles. The van der Waals surface area contributed by atoms with E-state index in [-0.39, 0.29) is 0 Å². The smallest absolute Gasteiger partial charge is 0.324 e. The molecule has 1 aliphatic heterocycles. The van der Waals surface area contributed by atoms with E-state index in [4.69, 9.17) is 4.99 Å². The molecule has 0 N–H and O–H groups in total. The Kier molecular flexibility index (Phi) is 9.39. The molecule has 2 heterocycles. The predicted molar refractivity (Wildman–Crippen MR) is 223 cm³/mol. The Morgan fingerprint density at radius 1 is 0.500 bits per heavy atom. The van der Waals surface area contributed by atoms with Gasteiger partial charge in [-0.1, -0.05) is 174 Å². The van der Waals surface area contributed by atoms with Crippen molar-refractivity contribution in [3.63, 3.8) is 0 Å². The Bertz CT molecular complexity index is 2540. The first-order chi connectivity index (χ1) is 26.2. The number of hydrogen-bond donors (Lipinski definition) is 0. The Hall–Kier alpha value is -6.33. The molecule has 2 nitrogen and oxygen atoms in total. The van der Waals surface area contributed by atoms with Crippen LogP contribution >= 0.6 is 0 Å². The van der Waals surface area contributed by atoms with Crippen LogP contribution in [0.5, 0.6) is 0 Å². The van der Waals surface area contributed by atoms with Gasteiger partial charge in [-0.3, -0.25) is 8.63 Å². The van der Waals surface area contributed by atoms with E-state index < -0.39 is 7.40 Å². The van der Waals surface area contributed by atoms with Gasteiger partial charge in [0.2, 0.25) is 0 Å². The SMILES string of the molecule is Cc1ccc(C2=CC(c3ccc(C)cc3)=N/C2=C(/c2ccc(-c3ccccc3)cc2)c2c(-c3ccc(C)cc3)cc(-c3ccc(C)cc3)n2B(F)F)cc1. The number of aliphatic imine (C=N–C) groups is 1.